The van der Waals surface area contributed by atoms with Gasteiger partial charge in [-0.15, -0.1) is 0 Å². The van der Waals surface area contributed by atoms with E-state index >= 15 is 0 Å². The van der Waals surface area contributed by atoms with Gasteiger partial charge in [-0.3, -0.25) is 4.79 Å². The SMILES string of the molecule is COC(=O)COc1cccc(CNC(=O)NCCC(=O)O)c1. The standard InChI is InChI=1S/C14H18N2O6/c1-21-13(19)9-22-11-4-2-3-10(7-11)8-16-14(20)15-6-5-12(17)18/h2-4,7H,5-6,8-9H2,1H3,(H,17,18)(H2,15,16,20). The Morgan fingerprint density at radius 3 is 2.68 bits per heavy atom. The summed E-state index contributed by atoms with van der Waals surface area (Å²) >= 11 is 0. The molecule has 1 rings (SSSR count). The number of hydrogen-bond donors (Lipinski definition) is 3. The number of ether oxygens (including phenoxy) is 2. The second-order valence-electron chi connectivity index (χ2n) is 4.27. The smallest absolute Gasteiger partial charge is 0.343 e. The Bertz CT molecular complexity index is 532. The van der Waals surface area contributed by atoms with Crippen LogP contribution in [0.15, 0.2) is 24.3 Å². The van der Waals surface area contributed by atoms with Gasteiger partial charge in [-0.2, -0.15) is 0 Å². The van der Waals surface area contributed by atoms with E-state index in [0.29, 0.717) is 5.75 Å². The molecule has 0 aromatic heterocycles. The molecule has 0 aliphatic carbocycles. The van der Waals surface area contributed by atoms with Gasteiger partial charge in [0.15, 0.2) is 6.61 Å². The lowest BCUT2D eigenvalue weighted by Crippen LogP contribution is -2.36. The fourth-order valence-electron chi connectivity index (χ4n) is 1.47. The molecule has 3 N–H and O–H groups in total. The van der Waals surface area contributed by atoms with Crippen LogP contribution in [0, 0.1) is 0 Å². The molecule has 0 aliphatic heterocycles. The van der Waals surface area contributed by atoms with Crippen LogP contribution in [-0.4, -0.2) is 43.3 Å². The van der Waals surface area contributed by atoms with Crippen LogP contribution < -0.4 is 15.4 Å². The average molecular weight is 310 g/mol. The van der Waals surface area contributed by atoms with Gasteiger partial charge >= 0.3 is 18.0 Å². The number of benzene rings is 1. The second-order valence-corrected chi connectivity index (χ2v) is 4.27. The highest BCUT2D eigenvalue weighted by atomic mass is 16.6. The second kappa shape index (κ2) is 9.22. The van der Waals surface area contributed by atoms with Crippen LogP contribution in [0.3, 0.4) is 0 Å². The van der Waals surface area contributed by atoms with E-state index in [1.807, 2.05) is 0 Å². The number of carboxylic acid groups (broad SMARTS) is 1. The molecule has 0 heterocycles. The molecule has 0 radical (unpaired) electrons. The molecular formula is C14H18N2O6. The molecule has 8 nitrogen and oxygen atoms in total. The maximum atomic E-state index is 11.4. The van der Waals surface area contributed by atoms with Gasteiger partial charge in [0.2, 0.25) is 0 Å². The Hall–Kier alpha value is -2.77. The van der Waals surface area contributed by atoms with Crippen molar-refractivity contribution in [3.63, 3.8) is 0 Å². The first-order valence-electron chi connectivity index (χ1n) is 6.53. The Morgan fingerprint density at radius 1 is 1.23 bits per heavy atom. The molecular weight excluding hydrogens is 292 g/mol. The van der Waals surface area contributed by atoms with Gasteiger partial charge in [0.05, 0.1) is 13.5 Å². The summed E-state index contributed by atoms with van der Waals surface area (Å²) < 4.78 is 9.69. The van der Waals surface area contributed by atoms with Crippen molar-refractivity contribution < 1.29 is 29.0 Å². The van der Waals surface area contributed by atoms with Gasteiger partial charge in [0.25, 0.3) is 0 Å². The quantitative estimate of drug-likeness (QED) is 0.603. The highest BCUT2D eigenvalue weighted by Gasteiger charge is 2.04. The Kier molecular flexibility index (Phi) is 7.24. The van der Waals surface area contributed by atoms with Crippen LogP contribution in [0.25, 0.3) is 0 Å². The zero-order chi connectivity index (χ0) is 16.4. The Morgan fingerprint density at radius 2 is 2.00 bits per heavy atom. The van der Waals surface area contributed by atoms with Crippen molar-refractivity contribution in [3.8, 4) is 5.75 Å². The summed E-state index contributed by atoms with van der Waals surface area (Å²) in [7, 11) is 1.27. The first-order valence-corrected chi connectivity index (χ1v) is 6.53. The van der Waals surface area contributed by atoms with E-state index in [-0.39, 0.29) is 26.1 Å². The largest absolute Gasteiger partial charge is 0.482 e. The molecule has 0 spiro atoms. The Balaban J connectivity index is 2.37. The lowest BCUT2D eigenvalue weighted by molar-refractivity contribution is -0.143. The summed E-state index contributed by atoms with van der Waals surface area (Å²) in [6.45, 7) is 0.112. The summed E-state index contributed by atoms with van der Waals surface area (Å²) in [5, 5.41) is 13.5. The first kappa shape index (κ1) is 17.3. The predicted molar refractivity (Wildman–Crippen MR) is 76.4 cm³/mol. The summed E-state index contributed by atoms with van der Waals surface area (Å²) in [5.74, 6) is -0.979. The molecule has 0 fully saturated rings. The number of hydrogen-bond acceptors (Lipinski definition) is 5. The molecule has 2 amide bonds. The van der Waals surface area contributed by atoms with Crippen molar-refractivity contribution in [2.75, 3.05) is 20.3 Å². The number of methoxy groups -OCH3 is 1. The van der Waals surface area contributed by atoms with E-state index in [1.54, 1.807) is 24.3 Å². The monoisotopic (exact) mass is 310 g/mol. The number of amides is 2. The fourth-order valence-corrected chi connectivity index (χ4v) is 1.47. The molecule has 0 saturated heterocycles. The summed E-state index contributed by atoms with van der Waals surface area (Å²) in [5.41, 5.74) is 0.774. The molecule has 1 aromatic carbocycles. The number of esters is 1. The number of carbonyl (C=O) groups excluding carboxylic acids is 2. The third-order valence-electron chi connectivity index (χ3n) is 2.56. The third-order valence-corrected chi connectivity index (χ3v) is 2.56. The molecule has 1 aromatic rings. The van der Waals surface area contributed by atoms with Crippen LogP contribution in [0.5, 0.6) is 5.75 Å². The average Bonchev–Trinajstić information content (AvgIpc) is 2.50. The minimum atomic E-state index is -0.976. The maximum Gasteiger partial charge on any atom is 0.343 e. The number of carboxylic acids is 1. The molecule has 0 saturated carbocycles. The Labute approximate surface area is 127 Å². The van der Waals surface area contributed by atoms with Crippen LogP contribution >= 0.6 is 0 Å². The van der Waals surface area contributed by atoms with E-state index in [4.69, 9.17) is 9.84 Å². The van der Waals surface area contributed by atoms with Gasteiger partial charge in [-0.05, 0) is 17.7 Å². The number of aliphatic carboxylic acids is 1. The molecule has 0 bridgehead atoms. The maximum absolute atomic E-state index is 11.4. The van der Waals surface area contributed by atoms with Gasteiger partial charge in [0, 0.05) is 13.1 Å². The predicted octanol–water partition coefficient (Wildman–Crippen LogP) is 0.512. The topological polar surface area (TPSA) is 114 Å². The third kappa shape index (κ3) is 7.13. The summed E-state index contributed by atoms with van der Waals surface area (Å²) in [6.07, 6.45) is -0.135. The van der Waals surface area contributed by atoms with E-state index in [2.05, 4.69) is 15.4 Å². The normalized spacial score (nSPS) is 9.68. The minimum Gasteiger partial charge on any atom is -0.482 e. The zero-order valence-corrected chi connectivity index (χ0v) is 12.1. The van der Waals surface area contributed by atoms with Crippen LogP contribution in [0.4, 0.5) is 4.79 Å². The van der Waals surface area contributed by atoms with Gasteiger partial charge in [-0.1, -0.05) is 12.1 Å². The van der Waals surface area contributed by atoms with Crippen molar-refractivity contribution in [1.29, 1.82) is 0 Å². The number of urea groups is 1. The van der Waals surface area contributed by atoms with E-state index in [1.165, 1.54) is 7.11 Å². The van der Waals surface area contributed by atoms with Crippen molar-refractivity contribution in [2.45, 2.75) is 13.0 Å². The zero-order valence-electron chi connectivity index (χ0n) is 12.1. The molecule has 0 atom stereocenters. The first-order chi connectivity index (χ1) is 10.5. The van der Waals surface area contributed by atoms with Crippen molar-refractivity contribution in [3.05, 3.63) is 29.8 Å². The molecule has 0 aliphatic rings. The minimum absolute atomic E-state index is 0.0590. The van der Waals surface area contributed by atoms with Crippen molar-refractivity contribution in [1.82, 2.24) is 10.6 Å². The lowest BCUT2D eigenvalue weighted by Gasteiger charge is -2.09. The number of carbonyl (C=O) groups is 3. The van der Waals surface area contributed by atoms with Gasteiger partial charge in [-0.25, -0.2) is 9.59 Å². The van der Waals surface area contributed by atoms with Gasteiger partial charge < -0.3 is 25.2 Å². The van der Waals surface area contributed by atoms with Crippen molar-refractivity contribution >= 4 is 18.0 Å². The molecule has 0 unspecified atom stereocenters. The highest BCUT2D eigenvalue weighted by molar-refractivity contribution is 5.75. The highest BCUT2D eigenvalue weighted by Crippen LogP contribution is 2.13. The summed E-state index contributed by atoms with van der Waals surface area (Å²) in [4.78, 5) is 32.7. The number of rotatable bonds is 8. The number of nitrogens with one attached hydrogen (secondary N) is 2. The lowest BCUT2D eigenvalue weighted by atomic mass is 10.2. The van der Waals surface area contributed by atoms with Gasteiger partial charge in [0.1, 0.15) is 5.75 Å². The van der Waals surface area contributed by atoms with E-state index in [0.717, 1.165) is 5.56 Å². The molecule has 120 valence electrons. The molecule has 8 heteroatoms. The summed E-state index contributed by atoms with van der Waals surface area (Å²) in [6, 6.07) is 6.41. The van der Waals surface area contributed by atoms with Crippen LogP contribution in [0.2, 0.25) is 0 Å². The molecule has 22 heavy (non-hydrogen) atoms. The van der Waals surface area contributed by atoms with E-state index in [9.17, 15) is 14.4 Å². The van der Waals surface area contributed by atoms with Crippen molar-refractivity contribution in [2.24, 2.45) is 0 Å². The van der Waals surface area contributed by atoms with Crippen LogP contribution in [0.1, 0.15) is 12.0 Å². The fraction of sp³-hybridized carbons (Fsp3) is 0.357. The van der Waals surface area contributed by atoms with Crippen LogP contribution in [-0.2, 0) is 20.9 Å². The van der Waals surface area contributed by atoms with E-state index < -0.39 is 18.0 Å².